The number of hydrogen-bond acceptors (Lipinski definition) is 4. The summed E-state index contributed by atoms with van der Waals surface area (Å²) < 4.78 is 4.84. The molecule has 23 heavy (non-hydrogen) atoms. The van der Waals surface area contributed by atoms with E-state index in [9.17, 15) is 4.79 Å². The maximum Gasteiger partial charge on any atom is 0.308 e. The van der Waals surface area contributed by atoms with Crippen molar-refractivity contribution >= 4 is 11.9 Å². The number of piperidine rings is 2. The van der Waals surface area contributed by atoms with Gasteiger partial charge in [-0.2, -0.15) is 0 Å². The standard InChI is InChI=1S/C17H32N4O2/c1-18-17(19-9-4-14-5-10-20(2)11-6-14)21-12-7-15(8-13-21)16(22)23-3/h14-15H,4-13H2,1-3H3,(H,18,19). The molecule has 2 saturated heterocycles. The van der Waals surface area contributed by atoms with Gasteiger partial charge in [-0.15, -0.1) is 0 Å². The van der Waals surface area contributed by atoms with E-state index >= 15 is 0 Å². The molecule has 0 radical (unpaired) electrons. The van der Waals surface area contributed by atoms with Crippen molar-refractivity contribution in [1.29, 1.82) is 0 Å². The van der Waals surface area contributed by atoms with Crippen LogP contribution < -0.4 is 5.32 Å². The number of carbonyl (C=O) groups excluding carboxylic acids is 1. The van der Waals surface area contributed by atoms with Gasteiger partial charge in [0.2, 0.25) is 0 Å². The van der Waals surface area contributed by atoms with Crippen molar-refractivity contribution in [3.8, 4) is 0 Å². The van der Waals surface area contributed by atoms with Crippen LogP contribution in [0.1, 0.15) is 32.1 Å². The number of ether oxygens (including phenoxy) is 1. The Labute approximate surface area is 140 Å². The first kappa shape index (κ1) is 18.0. The van der Waals surface area contributed by atoms with E-state index < -0.39 is 0 Å². The summed E-state index contributed by atoms with van der Waals surface area (Å²) in [6, 6.07) is 0. The molecule has 6 heteroatoms. The van der Waals surface area contributed by atoms with E-state index in [1.165, 1.54) is 39.5 Å². The van der Waals surface area contributed by atoms with E-state index in [1.807, 2.05) is 7.05 Å². The van der Waals surface area contributed by atoms with Crippen LogP contribution in [0.25, 0.3) is 0 Å². The Morgan fingerprint density at radius 3 is 2.39 bits per heavy atom. The number of methoxy groups -OCH3 is 1. The molecule has 0 aromatic heterocycles. The highest BCUT2D eigenvalue weighted by Gasteiger charge is 2.27. The van der Waals surface area contributed by atoms with E-state index in [4.69, 9.17) is 4.74 Å². The Balaban J connectivity index is 1.69. The molecule has 132 valence electrons. The van der Waals surface area contributed by atoms with E-state index in [1.54, 1.807) is 0 Å². The molecule has 2 heterocycles. The number of esters is 1. The molecule has 1 N–H and O–H groups in total. The minimum absolute atomic E-state index is 0.0496. The Bertz CT molecular complexity index is 397. The summed E-state index contributed by atoms with van der Waals surface area (Å²) in [6.07, 6.45) is 5.53. The van der Waals surface area contributed by atoms with Crippen LogP contribution in [-0.2, 0) is 9.53 Å². The minimum atomic E-state index is -0.0742. The molecule has 0 aliphatic carbocycles. The van der Waals surface area contributed by atoms with Crippen LogP contribution in [0.3, 0.4) is 0 Å². The average Bonchev–Trinajstić information content (AvgIpc) is 2.60. The molecule has 0 unspecified atom stereocenters. The summed E-state index contributed by atoms with van der Waals surface area (Å²) >= 11 is 0. The number of guanidine groups is 1. The van der Waals surface area contributed by atoms with Gasteiger partial charge in [0.05, 0.1) is 13.0 Å². The smallest absolute Gasteiger partial charge is 0.308 e. The lowest BCUT2D eigenvalue weighted by atomic mass is 9.94. The second kappa shape index (κ2) is 9.11. The summed E-state index contributed by atoms with van der Waals surface area (Å²) in [6.45, 7) is 5.17. The van der Waals surface area contributed by atoms with E-state index in [0.717, 1.165) is 44.4 Å². The van der Waals surface area contributed by atoms with Crippen LogP contribution in [0.5, 0.6) is 0 Å². The fraction of sp³-hybridized carbons (Fsp3) is 0.882. The Morgan fingerprint density at radius 2 is 1.83 bits per heavy atom. The second-order valence-corrected chi connectivity index (χ2v) is 6.79. The highest BCUT2D eigenvalue weighted by Crippen LogP contribution is 2.20. The maximum absolute atomic E-state index is 11.6. The molecular weight excluding hydrogens is 292 g/mol. The Morgan fingerprint density at radius 1 is 1.17 bits per heavy atom. The number of aliphatic imine (C=N–C) groups is 1. The summed E-state index contributed by atoms with van der Waals surface area (Å²) in [4.78, 5) is 20.7. The number of hydrogen-bond donors (Lipinski definition) is 1. The van der Waals surface area contributed by atoms with Crippen LogP contribution in [0.2, 0.25) is 0 Å². The topological polar surface area (TPSA) is 57.2 Å². The Hall–Kier alpha value is -1.30. The van der Waals surface area contributed by atoms with Crippen LogP contribution >= 0.6 is 0 Å². The monoisotopic (exact) mass is 324 g/mol. The molecule has 0 aromatic rings. The molecule has 0 amide bonds. The zero-order valence-electron chi connectivity index (χ0n) is 14.9. The molecule has 2 aliphatic heterocycles. The van der Waals surface area contributed by atoms with Gasteiger partial charge in [0.15, 0.2) is 5.96 Å². The number of likely N-dealkylation sites (tertiary alicyclic amines) is 2. The molecule has 0 aromatic carbocycles. The average molecular weight is 324 g/mol. The largest absolute Gasteiger partial charge is 0.469 e. The molecule has 2 aliphatic rings. The normalized spacial score (nSPS) is 22.2. The van der Waals surface area contributed by atoms with Crippen LogP contribution in [0, 0.1) is 11.8 Å². The fourth-order valence-corrected chi connectivity index (χ4v) is 3.56. The lowest BCUT2D eigenvalue weighted by molar-refractivity contribution is -0.146. The van der Waals surface area contributed by atoms with Crippen molar-refractivity contribution in [2.75, 3.05) is 53.9 Å². The molecule has 0 spiro atoms. The summed E-state index contributed by atoms with van der Waals surface area (Å²) in [7, 11) is 5.51. The highest BCUT2D eigenvalue weighted by atomic mass is 16.5. The van der Waals surface area contributed by atoms with Crippen molar-refractivity contribution in [1.82, 2.24) is 15.1 Å². The predicted molar refractivity (Wildman–Crippen MR) is 92.5 cm³/mol. The first-order valence-corrected chi connectivity index (χ1v) is 8.86. The van der Waals surface area contributed by atoms with Crippen molar-refractivity contribution < 1.29 is 9.53 Å². The predicted octanol–water partition coefficient (Wildman–Crippen LogP) is 1.18. The van der Waals surface area contributed by atoms with Gasteiger partial charge in [-0.3, -0.25) is 9.79 Å². The number of nitrogens with one attached hydrogen (secondary N) is 1. The third-order valence-electron chi connectivity index (χ3n) is 5.21. The first-order chi connectivity index (χ1) is 11.1. The van der Waals surface area contributed by atoms with Gasteiger partial charge in [0.25, 0.3) is 0 Å². The van der Waals surface area contributed by atoms with Gasteiger partial charge in [-0.25, -0.2) is 0 Å². The van der Waals surface area contributed by atoms with Gasteiger partial charge in [0.1, 0.15) is 0 Å². The SMILES string of the molecule is CN=C(NCCC1CCN(C)CC1)N1CCC(C(=O)OC)CC1. The van der Waals surface area contributed by atoms with Crippen molar-refractivity contribution in [2.45, 2.75) is 32.1 Å². The van der Waals surface area contributed by atoms with E-state index in [2.05, 4.69) is 27.2 Å². The van der Waals surface area contributed by atoms with Crippen molar-refractivity contribution in [3.63, 3.8) is 0 Å². The zero-order valence-corrected chi connectivity index (χ0v) is 14.9. The van der Waals surface area contributed by atoms with Gasteiger partial charge in [0, 0.05) is 26.7 Å². The third-order valence-corrected chi connectivity index (χ3v) is 5.21. The molecular formula is C17H32N4O2. The minimum Gasteiger partial charge on any atom is -0.469 e. The van der Waals surface area contributed by atoms with E-state index in [-0.39, 0.29) is 11.9 Å². The maximum atomic E-state index is 11.6. The summed E-state index contributed by atoms with van der Waals surface area (Å²) in [5.74, 6) is 1.78. The lowest BCUT2D eigenvalue weighted by Crippen LogP contribution is -2.47. The van der Waals surface area contributed by atoms with Gasteiger partial charge in [-0.1, -0.05) is 0 Å². The molecule has 0 bridgehead atoms. The van der Waals surface area contributed by atoms with E-state index in [0.29, 0.717) is 0 Å². The highest BCUT2D eigenvalue weighted by molar-refractivity contribution is 5.80. The van der Waals surface area contributed by atoms with Crippen LogP contribution in [-0.4, -0.2) is 75.7 Å². The molecule has 2 fully saturated rings. The molecule has 2 rings (SSSR count). The molecule has 0 saturated carbocycles. The fourth-order valence-electron chi connectivity index (χ4n) is 3.56. The third kappa shape index (κ3) is 5.37. The summed E-state index contributed by atoms with van der Waals surface area (Å²) in [5, 5.41) is 3.50. The van der Waals surface area contributed by atoms with Crippen LogP contribution in [0.4, 0.5) is 0 Å². The molecule has 6 nitrogen and oxygen atoms in total. The number of nitrogens with zero attached hydrogens (tertiary/aromatic N) is 3. The quantitative estimate of drug-likeness (QED) is 0.478. The molecule has 0 atom stereocenters. The van der Waals surface area contributed by atoms with Gasteiger partial charge in [-0.05, 0) is 58.2 Å². The van der Waals surface area contributed by atoms with Crippen LogP contribution in [0.15, 0.2) is 4.99 Å². The Kier molecular flexibility index (Phi) is 7.15. The van der Waals surface area contributed by atoms with Crippen molar-refractivity contribution in [2.24, 2.45) is 16.8 Å². The number of rotatable bonds is 4. The second-order valence-electron chi connectivity index (χ2n) is 6.79. The zero-order chi connectivity index (χ0) is 16.7. The van der Waals surface area contributed by atoms with Gasteiger partial charge >= 0.3 is 5.97 Å². The lowest BCUT2D eigenvalue weighted by Gasteiger charge is -2.33. The summed E-state index contributed by atoms with van der Waals surface area (Å²) in [5.41, 5.74) is 0. The number of carbonyl (C=O) groups is 1. The van der Waals surface area contributed by atoms with Crippen molar-refractivity contribution in [3.05, 3.63) is 0 Å². The first-order valence-electron chi connectivity index (χ1n) is 8.86. The van der Waals surface area contributed by atoms with Gasteiger partial charge < -0.3 is 19.9 Å².